The van der Waals surface area contributed by atoms with Gasteiger partial charge in [-0.3, -0.25) is 0 Å². The van der Waals surface area contributed by atoms with Crippen LogP contribution in [0.25, 0.3) is 0 Å². The predicted molar refractivity (Wildman–Crippen MR) is 114 cm³/mol. The zero-order chi connectivity index (χ0) is 19.7. The predicted octanol–water partition coefficient (Wildman–Crippen LogP) is 4.21. The number of benzene rings is 2. The Hall–Kier alpha value is -1.89. The Morgan fingerprint density at radius 3 is 2.07 bits per heavy atom. The molecule has 6 heteroatoms. The number of hydrogen-bond acceptors (Lipinski definition) is 4. The van der Waals surface area contributed by atoms with Crippen LogP contribution in [0.2, 0.25) is 0 Å². The fourth-order valence-corrected chi connectivity index (χ4v) is 2.87. The van der Waals surface area contributed by atoms with Gasteiger partial charge in [0.2, 0.25) is 0 Å². The Kier molecular flexibility index (Phi) is 5.61. The van der Waals surface area contributed by atoms with E-state index in [0.29, 0.717) is 11.8 Å². The molecule has 3 rings (SSSR count). The highest BCUT2D eigenvalue weighted by molar-refractivity contribution is 7.80. The van der Waals surface area contributed by atoms with Crippen molar-refractivity contribution in [3.8, 4) is 0 Å². The normalized spacial score (nSPS) is 17.6. The van der Waals surface area contributed by atoms with Gasteiger partial charge in [-0.25, -0.2) is 0 Å². The molecule has 0 unspecified atom stereocenters. The molecule has 0 aliphatic carbocycles. The number of thiocarbonyl (C=S) groups is 1. The van der Waals surface area contributed by atoms with E-state index in [0.717, 1.165) is 16.7 Å². The molecule has 2 aromatic rings. The van der Waals surface area contributed by atoms with Crippen LogP contribution < -0.4 is 10.8 Å². The monoisotopic (exact) mass is 383 g/mol. The summed E-state index contributed by atoms with van der Waals surface area (Å²) in [4.78, 5) is 0. The van der Waals surface area contributed by atoms with E-state index in [-0.39, 0.29) is 18.3 Å². The van der Waals surface area contributed by atoms with Crippen molar-refractivity contribution in [3.63, 3.8) is 0 Å². The van der Waals surface area contributed by atoms with Crippen molar-refractivity contribution in [1.29, 1.82) is 0 Å². The summed E-state index contributed by atoms with van der Waals surface area (Å²) in [6.07, 6.45) is 0. The van der Waals surface area contributed by atoms with E-state index >= 15 is 0 Å². The first-order valence-electron chi connectivity index (χ1n) is 9.11. The van der Waals surface area contributed by atoms with Crippen LogP contribution in [0.15, 0.2) is 48.5 Å². The van der Waals surface area contributed by atoms with E-state index in [9.17, 15) is 0 Å². The van der Waals surface area contributed by atoms with Gasteiger partial charge in [-0.2, -0.15) is 0 Å². The summed E-state index contributed by atoms with van der Waals surface area (Å²) in [5.74, 6) is 0. The van der Waals surface area contributed by atoms with E-state index in [1.165, 1.54) is 5.56 Å². The average molecular weight is 383 g/mol. The summed E-state index contributed by atoms with van der Waals surface area (Å²) in [5, 5.41) is 3.44. The summed E-state index contributed by atoms with van der Waals surface area (Å²) < 4.78 is 17.8. The molecular weight excluding hydrogens is 357 g/mol. The maximum absolute atomic E-state index is 6.08. The molecule has 0 amide bonds. The second-order valence-electron chi connectivity index (χ2n) is 7.90. The van der Waals surface area contributed by atoms with Gasteiger partial charge in [0, 0.05) is 5.69 Å². The Morgan fingerprint density at radius 1 is 0.963 bits per heavy atom. The summed E-state index contributed by atoms with van der Waals surface area (Å²) in [5.41, 5.74) is 3.47. The Bertz CT molecular complexity index is 787. The zero-order valence-electron chi connectivity index (χ0n) is 16.5. The van der Waals surface area contributed by atoms with Gasteiger partial charge in [-0.15, -0.1) is 0 Å². The first-order valence-corrected chi connectivity index (χ1v) is 9.52. The van der Waals surface area contributed by atoms with E-state index < -0.39 is 0 Å². The van der Waals surface area contributed by atoms with Crippen molar-refractivity contribution in [3.05, 3.63) is 59.7 Å². The van der Waals surface area contributed by atoms with Gasteiger partial charge < -0.3 is 19.4 Å². The Balaban J connectivity index is 1.54. The summed E-state index contributed by atoms with van der Waals surface area (Å²) in [7, 11) is -0.353. The number of ether oxygens (including phenoxy) is 1. The minimum absolute atomic E-state index is 0.340. The lowest BCUT2D eigenvalue weighted by Gasteiger charge is -2.32. The Morgan fingerprint density at radius 2 is 1.52 bits per heavy atom. The molecule has 1 aliphatic rings. The molecule has 27 heavy (non-hydrogen) atoms. The van der Waals surface area contributed by atoms with E-state index in [1.54, 1.807) is 0 Å². The molecule has 1 aliphatic heterocycles. The minimum Gasteiger partial charge on any atom is -0.466 e. The van der Waals surface area contributed by atoms with Crippen LogP contribution in [0.3, 0.4) is 0 Å². The third-order valence-electron chi connectivity index (χ3n) is 5.17. The van der Waals surface area contributed by atoms with E-state index in [4.69, 9.17) is 26.3 Å². The molecule has 0 saturated carbocycles. The molecule has 1 N–H and O–H groups in total. The van der Waals surface area contributed by atoms with Crippen molar-refractivity contribution >= 4 is 35.7 Å². The quantitative estimate of drug-likeness (QED) is 0.633. The maximum Gasteiger partial charge on any atom is 0.494 e. The van der Waals surface area contributed by atoms with Crippen molar-refractivity contribution in [2.24, 2.45) is 0 Å². The first kappa shape index (κ1) is 19.9. The second-order valence-corrected chi connectivity index (χ2v) is 8.27. The summed E-state index contributed by atoms with van der Waals surface area (Å²) in [6.45, 7) is 10.7. The number of anilines is 1. The van der Waals surface area contributed by atoms with Crippen LogP contribution in [0.5, 0.6) is 0 Å². The first-order chi connectivity index (χ1) is 12.7. The van der Waals surface area contributed by atoms with Crippen LogP contribution >= 0.6 is 12.2 Å². The number of aryl methyl sites for hydroxylation is 1. The fourth-order valence-electron chi connectivity index (χ4n) is 2.69. The van der Waals surface area contributed by atoms with Gasteiger partial charge in [0.25, 0.3) is 5.17 Å². The molecule has 0 radical (unpaired) electrons. The van der Waals surface area contributed by atoms with Crippen molar-refractivity contribution in [2.75, 3.05) is 5.32 Å². The van der Waals surface area contributed by atoms with Gasteiger partial charge in [-0.1, -0.05) is 42.0 Å². The SMILES string of the molecule is Cc1ccc(NC(=S)OCc2ccc(B3OC(C)(C)C(C)(C)O3)cc2)cc1. The number of hydrogen-bond donors (Lipinski definition) is 1. The van der Waals surface area contributed by atoms with Crippen molar-refractivity contribution in [2.45, 2.75) is 52.4 Å². The van der Waals surface area contributed by atoms with Crippen LogP contribution in [0, 0.1) is 6.92 Å². The highest BCUT2D eigenvalue weighted by Crippen LogP contribution is 2.36. The average Bonchev–Trinajstić information content (AvgIpc) is 2.83. The van der Waals surface area contributed by atoms with E-state index in [2.05, 4.69) is 33.0 Å². The maximum atomic E-state index is 6.08. The standard InChI is InChI=1S/C21H26BNO3S/c1-15-6-12-18(13-7-15)23-19(27)24-14-16-8-10-17(11-9-16)22-25-20(2,3)21(4,5)26-22/h6-13H,14H2,1-5H3,(H,23,27). The topological polar surface area (TPSA) is 39.7 Å². The minimum atomic E-state index is -0.353. The molecule has 1 heterocycles. The molecule has 0 aromatic heterocycles. The van der Waals surface area contributed by atoms with Crippen molar-refractivity contribution < 1.29 is 14.0 Å². The molecule has 1 saturated heterocycles. The summed E-state index contributed by atoms with van der Waals surface area (Å²) >= 11 is 5.26. The number of nitrogens with one attached hydrogen (secondary N) is 1. The van der Waals surface area contributed by atoms with Gasteiger partial charge in [0.05, 0.1) is 11.2 Å². The lowest BCUT2D eigenvalue weighted by Crippen LogP contribution is -2.41. The highest BCUT2D eigenvalue weighted by Gasteiger charge is 2.51. The van der Waals surface area contributed by atoms with Crippen LogP contribution in [0.1, 0.15) is 38.8 Å². The van der Waals surface area contributed by atoms with Crippen LogP contribution in [0.4, 0.5) is 5.69 Å². The van der Waals surface area contributed by atoms with Gasteiger partial charge in [0.15, 0.2) is 0 Å². The van der Waals surface area contributed by atoms with E-state index in [1.807, 2.05) is 55.5 Å². The lowest BCUT2D eigenvalue weighted by molar-refractivity contribution is 0.00578. The zero-order valence-corrected chi connectivity index (χ0v) is 17.4. The highest BCUT2D eigenvalue weighted by atomic mass is 32.1. The molecule has 4 nitrogen and oxygen atoms in total. The summed E-state index contributed by atoms with van der Waals surface area (Å²) in [6, 6.07) is 16.0. The molecule has 0 spiro atoms. The van der Waals surface area contributed by atoms with Gasteiger partial charge in [-0.05, 0) is 70.0 Å². The van der Waals surface area contributed by atoms with Crippen LogP contribution in [-0.2, 0) is 20.7 Å². The van der Waals surface area contributed by atoms with Crippen molar-refractivity contribution in [1.82, 2.24) is 0 Å². The van der Waals surface area contributed by atoms with Gasteiger partial charge >= 0.3 is 7.12 Å². The molecule has 1 fully saturated rings. The largest absolute Gasteiger partial charge is 0.494 e. The fraction of sp³-hybridized carbons (Fsp3) is 0.381. The van der Waals surface area contributed by atoms with Gasteiger partial charge in [0.1, 0.15) is 6.61 Å². The Labute approximate surface area is 167 Å². The molecule has 142 valence electrons. The number of rotatable bonds is 4. The van der Waals surface area contributed by atoms with Crippen LogP contribution in [-0.4, -0.2) is 23.5 Å². The molecule has 0 atom stereocenters. The smallest absolute Gasteiger partial charge is 0.466 e. The third-order valence-corrected chi connectivity index (χ3v) is 5.39. The second kappa shape index (κ2) is 7.62. The molecule has 2 aromatic carbocycles. The molecular formula is C21H26BNO3S. The molecule has 0 bridgehead atoms. The lowest BCUT2D eigenvalue weighted by atomic mass is 9.79. The third kappa shape index (κ3) is 4.70.